The van der Waals surface area contributed by atoms with E-state index in [9.17, 15) is 13.2 Å². The van der Waals surface area contributed by atoms with Gasteiger partial charge < -0.3 is 5.73 Å². The first-order valence-electron chi connectivity index (χ1n) is 5.73. The van der Waals surface area contributed by atoms with E-state index in [-0.39, 0.29) is 0 Å². The van der Waals surface area contributed by atoms with Crippen LogP contribution in [0, 0.1) is 0 Å². The zero-order valence-electron chi connectivity index (χ0n) is 10.1. The highest BCUT2D eigenvalue weighted by Crippen LogP contribution is 2.30. The molecule has 0 bridgehead atoms. The first kappa shape index (κ1) is 12.5. The van der Waals surface area contributed by atoms with Gasteiger partial charge in [0.1, 0.15) is 0 Å². The summed E-state index contributed by atoms with van der Waals surface area (Å²) in [5, 5.41) is 7.91. The van der Waals surface area contributed by atoms with Gasteiger partial charge in [0, 0.05) is 23.5 Å². The number of halogens is 3. The fourth-order valence-corrected chi connectivity index (χ4v) is 1.91. The molecule has 7 heteroatoms. The van der Waals surface area contributed by atoms with Crippen molar-refractivity contribution in [1.82, 2.24) is 14.6 Å². The lowest BCUT2D eigenvalue weighted by molar-refractivity contribution is -0.137. The molecule has 0 atom stereocenters. The van der Waals surface area contributed by atoms with Crippen LogP contribution in [0.15, 0.2) is 42.6 Å². The first-order valence-corrected chi connectivity index (χ1v) is 5.73. The number of anilines is 1. The van der Waals surface area contributed by atoms with Gasteiger partial charge in [-0.25, -0.2) is 0 Å². The van der Waals surface area contributed by atoms with Gasteiger partial charge in [0.25, 0.3) is 0 Å². The third kappa shape index (κ3) is 2.07. The van der Waals surface area contributed by atoms with E-state index < -0.39 is 11.7 Å². The Hall–Kier alpha value is -2.57. The molecule has 0 spiro atoms. The number of hydrogen-bond donors (Lipinski definition) is 1. The number of rotatable bonds is 1. The van der Waals surface area contributed by atoms with E-state index in [0.717, 1.165) is 12.1 Å². The Bertz CT molecular complexity index is 759. The first-order chi connectivity index (χ1) is 9.45. The van der Waals surface area contributed by atoms with Crippen molar-refractivity contribution >= 4 is 11.3 Å². The number of aromatic nitrogens is 3. The van der Waals surface area contributed by atoms with E-state index >= 15 is 0 Å². The van der Waals surface area contributed by atoms with Gasteiger partial charge in [0.2, 0.25) is 0 Å². The SMILES string of the molecule is Nc1ccn2c(-c3ccc(C(F)(F)F)cc3)nnc2c1. The molecule has 0 radical (unpaired) electrons. The fourth-order valence-electron chi connectivity index (χ4n) is 1.91. The Labute approximate surface area is 111 Å². The zero-order valence-corrected chi connectivity index (χ0v) is 10.1. The number of pyridine rings is 1. The van der Waals surface area contributed by atoms with Crippen LogP contribution in [-0.4, -0.2) is 14.6 Å². The van der Waals surface area contributed by atoms with Gasteiger partial charge in [-0.15, -0.1) is 10.2 Å². The Morgan fingerprint density at radius 2 is 1.70 bits per heavy atom. The van der Waals surface area contributed by atoms with E-state index in [1.165, 1.54) is 12.1 Å². The molecule has 0 saturated carbocycles. The summed E-state index contributed by atoms with van der Waals surface area (Å²) in [4.78, 5) is 0. The van der Waals surface area contributed by atoms with Crippen molar-refractivity contribution in [3.8, 4) is 11.4 Å². The lowest BCUT2D eigenvalue weighted by Gasteiger charge is -2.07. The average Bonchev–Trinajstić information content (AvgIpc) is 2.80. The second-order valence-electron chi connectivity index (χ2n) is 4.29. The molecule has 0 fully saturated rings. The molecule has 3 aromatic rings. The summed E-state index contributed by atoms with van der Waals surface area (Å²) in [6.45, 7) is 0. The van der Waals surface area contributed by atoms with Crippen LogP contribution >= 0.6 is 0 Å². The Balaban J connectivity index is 2.07. The smallest absolute Gasteiger partial charge is 0.399 e. The van der Waals surface area contributed by atoms with Gasteiger partial charge >= 0.3 is 6.18 Å². The van der Waals surface area contributed by atoms with Gasteiger partial charge in [0.05, 0.1) is 5.56 Å². The van der Waals surface area contributed by atoms with Gasteiger partial charge in [-0.1, -0.05) is 12.1 Å². The van der Waals surface area contributed by atoms with Crippen LogP contribution in [0.1, 0.15) is 5.56 Å². The zero-order chi connectivity index (χ0) is 14.3. The Morgan fingerprint density at radius 1 is 1.00 bits per heavy atom. The summed E-state index contributed by atoms with van der Waals surface area (Å²) in [6, 6.07) is 8.09. The number of nitrogen functional groups attached to an aromatic ring is 1. The van der Waals surface area contributed by atoms with Crippen LogP contribution in [0.4, 0.5) is 18.9 Å². The van der Waals surface area contributed by atoms with Crippen molar-refractivity contribution in [3.63, 3.8) is 0 Å². The van der Waals surface area contributed by atoms with Crippen LogP contribution in [0.25, 0.3) is 17.0 Å². The second-order valence-corrected chi connectivity index (χ2v) is 4.29. The third-order valence-corrected chi connectivity index (χ3v) is 2.90. The maximum absolute atomic E-state index is 12.5. The van der Waals surface area contributed by atoms with Crippen molar-refractivity contribution in [3.05, 3.63) is 48.2 Å². The average molecular weight is 278 g/mol. The summed E-state index contributed by atoms with van der Waals surface area (Å²) >= 11 is 0. The topological polar surface area (TPSA) is 56.2 Å². The van der Waals surface area contributed by atoms with Crippen LogP contribution in [0.2, 0.25) is 0 Å². The Morgan fingerprint density at radius 3 is 2.35 bits per heavy atom. The minimum Gasteiger partial charge on any atom is -0.399 e. The monoisotopic (exact) mass is 278 g/mol. The minimum absolute atomic E-state index is 0.466. The standard InChI is InChI=1S/C13H9F3N4/c14-13(15,16)9-3-1-8(2-4-9)12-19-18-11-7-10(17)5-6-20(11)12/h1-7H,17H2. The lowest BCUT2D eigenvalue weighted by Crippen LogP contribution is -2.04. The molecule has 20 heavy (non-hydrogen) atoms. The van der Waals surface area contributed by atoms with E-state index in [1.807, 2.05) is 0 Å². The molecule has 2 N–H and O–H groups in total. The number of benzene rings is 1. The molecular formula is C13H9F3N4. The number of hydrogen-bond acceptors (Lipinski definition) is 3. The highest BCUT2D eigenvalue weighted by atomic mass is 19.4. The Kier molecular flexibility index (Phi) is 2.63. The maximum atomic E-state index is 12.5. The molecule has 4 nitrogen and oxygen atoms in total. The van der Waals surface area contributed by atoms with Crippen LogP contribution in [-0.2, 0) is 6.18 Å². The summed E-state index contributed by atoms with van der Waals surface area (Å²) in [5.41, 5.74) is 6.58. The normalized spacial score (nSPS) is 11.9. The van der Waals surface area contributed by atoms with Crippen molar-refractivity contribution < 1.29 is 13.2 Å². The van der Waals surface area contributed by atoms with Crippen LogP contribution in [0.5, 0.6) is 0 Å². The molecule has 0 aliphatic heterocycles. The molecule has 2 aromatic heterocycles. The molecule has 102 valence electrons. The number of nitrogens with zero attached hydrogens (tertiary/aromatic N) is 3. The lowest BCUT2D eigenvalue weighted by atomic mass is 10.1. The summed E-state index contributed by atoms with van der Waals surface area (Å²) in [6.07, 6.45) is -2.67. The quantitative estimate of drug-likeness (QED) is 0.744. The van der Waals surface area contributed by atoms with E-state index in [4.69, 9.17) is 5.73 Å². The van der Waals surface area contributed by atoms with E-state index in [1.54, 1.807) is 22.7 Å². The maximum Gasteiger partial charge on any atom is 0.416 e. The van der Waals surface area contributed by atoms with Crippen molar-refractivity contribution in [2.45, 2.75) is 6.18 Å². The molecule has 1 aromatic carbocycles. The molecule has 0 saturated heterocycles. The summed E-state index contributed by atoms with van der Waals surface area (Å²) < 4.78 is 39.2. The predicted octanol–water partition coefficient (Wildman–Crippen LogP) is 3.00. The predicted molar refractivity (Wildman–Crippen MR) is 67.8 cm³/mol. The fraction of sp³-hybridized carbons (Fsp3) is 0.0769. The van der Waals surface area contributed by atoms with Crippen LogP contribution in [0.3, 0.4) is 0 Å². The van der Waals surface area contributed by atoms with Crippen LogP contribution < -0.4 is 5.73 Å². The van der Waals surface area contributed by atoms with Crippen molar-refractivity contribution in [1.29, 1.82) is 0 Å². The number of alkyl halides is 3. The minimum atomic E-state index is -4.35. The molecule has 0 aliphatic rings. The molecule has 3 rings (SSSR count). The molecule has 0 aliphatic carbocycles. The second kappa shape index (κ2) is 4.22. The molecular weight excluding hydrogens is 269 g/mol. The van der Waals surface area contributed by atoms with Gasteiger partial charge in [-0.3, -0.25) is 4.40 Å². The highest BCUT2D eigenvalue weighted by molar-refractivity contribution is 5.62. The molecule has 0 amide bonds. The van der Waals surface area contributed by atoms with Crippen molar-refractivity contribution in [2.75, 3.05) is 5.73 Å². The van der Waals surface area contributed by atoms with Crippen molar-refractivity contribution in [2.24, 2.45) is 0 Å². The highest BCUT2D eigenvalue weighted by Gasteiger charge is 2.30. The number of fused-ring (bicyclic) bond motifs is 1. The van der Waals surface area contributed by atoms with Gasteiger partial charge in [-0.05, 0) is 18.2 Å². The van der Waals surface area contributed by atoms with Gasteiger partial charge in [0.15, 0.2) is 11.5 Å². The largest absolute Gasteiger partial charge is 0.416 e. The molecule has 2 heterocycles. The van der Waals surface area contributed by atoms with E-state index in [0.29, 0.717) is 22.7 Å². The molecule has 0 unspecified atom stereocenters. The number of nitrogens with two attached hydrogens (primary N) is 1. The summed E-state index contributed by atoms with van der Waals surface area (Å²) in [7, 11) is 0. The van der Waals surface area contributed by atoms with E-state index in [2.05, 4.69) is 10.2 Å². The third-order valence-electron chi connectivity index (χ3n) is 2.90. The van der Waals surface area contributed by atoms with Gasteiger partial charge in [-0.2, -0.15) is 13.2 Å². The summed E-state index contributed by atoms with van der Waals surface area (Å²) in [5.74, 6) is 0.466.